The summed E-state index contributed by atoms with van der Waals surface area (Å²) in [4.78, 5) is 21.2. The van der Waals surface area contributed by atoms with Crippen molar-refractivity contribution in [3.63, 3.8) is 0 Å². The van der Waals surface area contributed by atoms with E-state index in [9.17, 15) is 4.79 Å². The van der Waals surface area contributed by atoms with Gasteiger partial charge in [-0.25, -0.2) is 4.98 Å². The number of halogens is 1. The molecule has 24 heavy (non-hydrogen) atoms. The predicted molar refractivity (Wildman–Crippen MR) is 91.8 cm³/mol. The lowest BCUT2D eigenvalue weighted by Crippen LogP contribution is -2.55. The Balaban J connectivity index is 1.46. The van der Waals surface area contributed by atoms with Gasteiger partial charge < -0.3 is 10.6 Å². The summed E-state index contributed by atoms with van der Waals surface area (Å²) in [7, 11) is 0. The molecule has 1 aliphatic heterocycles. The molecule has 1 aliphatic carbocycles. The zero-order chi connectivity index (χ0) is 16.7. The van der Waals surface area contributed by atoms with Crippen LogP contribution in [0.3, 0.4) is 0 Å². The van der Waals surface area contributed by atoms with Crippen LogP contribution in [-0.4, -0.2) is 43.5 Å². The second-order valence-electron chi connectivity index (χ2n) is 6.93. The van der Waals surface area contributed by atoms with Crippen molar-refractivity contribution in [1.29, 1.82) is 0 Å². The molecule has 4 rings (SSSR count). The largest absolute Gasteiger partial charge is 0.353 e. The molecule has 2 aromatic heterocycles. The number of anilines is 1. The Labute approximate surface area is 145 Å². The van der Waals surface area contributed by atoms with Crippen molar-refractivity contribution < 1.29 is 4.79 Å². The summed E-state index contributed by atoms with van der Waals surface area (Å²) < 4.78 is 0. The van der Waals surface area contributed by atoms with E-state index in [1.165, 1.54) is 0 Å². The van der Waals surface area contributed by atoms with Crippen LogP contribution in [0.5, 0.6) is 0 Å². The monoisotopic (exact) mass is 348 g/mol. The van der Waals surface area contributed by atoms with Crippen LogP contribution < -0.4 is 10.6 Å². The highest BCUT2D eigenvalue weighted by atomic mass is 35.5. The van der Waals surface area contributed by atoms with Crippen molar-refractivity contribution in [3.8, 4) is 0 Å². The van der Waals surface area contributed by atoms with Gasteiger partial charge in [-0.2, -0.15) is 10.1 Å². The first-order valence-corrected chi connectivity index (χ1v) is 8.91. The van der Waals surface area contributed by atoms with Gasteiger partial charge in [0.2, 0.25) is 11.9 Å². The summed E-state index contributed by atoms with van der Waals surface area (Å²) in [6.07, 6.45) is 7.21. The van der Waals surface area contributed by atoms with Gasteiger partial charge in [0.25, 0.3) is 0 Å². The fourth-order valence-corrected chi connectivity index (χ4v) is 4.28. The predicted octanol–water partition coefficient (Wildman–Crippen LogP) is 2.07. The Hall–Kier alpha value is -1.89. The van der Waals surface area contributed by atoms with Gasteiger partial charge in [-0.05, 0) is 38.5 Å². The summed E-state index contributed by atoms with van der Waals surface area (Å²) in [6.45, 7) is 2.01. The van der Waals surface area contributed by atoms with Gasteiger partial charge in [0.05, 0.1) is 17.5 Å². The number of alkyl halides is 1. The number of nitrogens with one attached hydrogen (secondary N) is 3. The second-order valence-corrected chi connectivity index (χ2v) is 7.55. The summed E-state index contributed by atoms with van der Waals surface area (Å²) in [5.74, 6) is 0.985. The van der Waals surface area contributed by atoms with Crippen LogP contribution in [-0.2, 0) is 4.79 Å². The fourth-order valence-electron chi connectivity index (χ4n) is 3.92. The maximum absolute atomic E-state index is 12.5. The maximum atomic E-state index is 12.5. The summed E-state index contributed by atoms with van der Waals surface area (Å²) in [5.41, 5.74) is 0.685. The highest BCUT2D eigenvalue weighted by Crippen LogP contribution is 2.36. The van der Waals surface area contributed by atoms with Gasteiger partial charge in [0.15, 0.2) is 5.65 Å². The van der Waals surface area contributed by atoms with Gasteiger partial charge >= 0.3 is 0 Å². The number of hydrogen-bond donors (Lipinski definition) is 3. The Morgan fingerprint density at radius 3 is 3.08 bits per heavy atom. The van der Waals surface area contributed by atoms with Gasteiger partial charge in [-0.15, -0.1) is 11.6 Å². The molecule has 128 valence electrons. The van der Waals surface area contributed by atoms with E-state index in [0.29, 0.717) is 17.5 Å². The zero-order valence-electron chi connectivity index (χ0n) is 13.5. The van der Waals surface area contributed by atoms with Crippen molar-refractivity contribution in [2.75, 3.05) is 5.32 Å². The Morgan fingerprint density at radius 1 is 1.33 bits per heavy atom. The lowest BCUT2D eigenvalue weighted by atomic mass is 9.74. The molecule has 0 bridgehead atoms. The molecule has 0 aromatic carbocycles. The first-order valence-electron chi connectivity index (χ1n) is 8.47. The lowest BCUT2D eigenvalue weighted by Gasteiger charge is -2.42. The smallest absolute Gasteiger partial charge is 0.225 e. The molecule has 5 atom stereocenters. The molecule has 7 nitrogen and oxygen atoms in total. The van der Waals surface area contributed by atoms with E-state index in [1.54, 1.807) is 12.4 Å². The molecular formula is C16H21ClN6O. The minimum absolute atomic E-state index is 0.0537. The van der Waals surface area contributed by atoms with Crippen LogP contribution in [0.1, 0.15) is 32.6 Å². The van der Waals surface area contributed by atoms with E-state index < -0.39 is 0 Å². The first kappa shape index (κ1) is 15.6. The molecule has 4 unspecified atom stereocenters. The normalized spacial score (nSPS) is 31.3. The summed E-state index contributed by atoms with van der Waals surface area (Å²) in [5, 5.41) is 14.3. The van der Waals surface area contributed by atoms with E-state index in [1.807, 2.05) is 6.92 Å². The lowest BCUT2D eigenvalue weighted by molar-refractivity contribution is -0.130. The third kappa shape index (κ3) is 2.92. The standard InChI is InChI=1S/C16H21ClN6O/c1-8(20-16-18-6-10-7-19-23-14(10)22-16)12-5-9-4-11(17)2-3-13(9)21-15(12)24/h6-9,11-13H,2-5H2,1H3,(H,21,24)(H2,18,19,20,22,23)/t8-,9?,11?,12?,13?/m0/s1. The van der Waals surface area contributed by atoms with E-state index in [-0.39, 0.29) is 29.3 Å². The Morgan fingerprint density at radius 2 is 2.21 bits per heavy atom. The topological polar surface area (TPSA) is 95.6 Å². The molecule has 2 fully saturated rings. The highest BCUT2D eigenvalue weighted by molar-refractivity contribution is 6.20. The quantitative estimate of drug-likeness (QED) is 0.738. The third-order valence-electron chi connectivity index (χ3n) is 5.29. The second kappa shape index (κ2) is 6.20. The molecule has 2 aliphatic rings. The fraction of sp³-hybridized carbons (Fsp3) is 0.625. The van der Waals surface area contributed by atoms with Crippen molar-refractivity contribution in [2.45, 2.75) is 50.1 Å². The average molecular weight is 349 g/mol. The van der Waals surface area contributed by atoms with Crippen LogP contribution in [0.25, 0.3) is 11.0 Å². The Bertz CT molecular complexity index is 749. The van der Waals surface area contributed by atoms with Gasteiger partial charge in [0.1, 0.15) is 0 Å². The maximum Gasteiger partial charge on any atom is 0.225 e. The number of aromatic nitrogens is 4. The van der Waals surface area contributed by atoms with Crippen LogP contribution in [0.2, 0.25) is 0 Å². The number of carbonyl (C=O) groups is 1. The number of carbonyl (C=O) groups excluding carboxylic acids is 1. The molecule has 8 heteroatoms. The molecule has 1 saturated heterocycles. The highest BCUT2D eigenvalue weighted by Gasteiger charge is 2.41. The molecule has 3 heterocycles. The van der Waals surface area contributed by atoms with Crippen molar-refractivity contribution in [2.24, 2.45) is 11.8 Å². The summed E-state index contributed by atoms with van der Waals surface area (Å²) in [6, 6.07) is 0.232. The van der Waals surface area contributed by atoms with Gasteiger partial charge in [-0.3, -0.25) is 9.89 Å². The van der Waals surface area contributed by atoms with Crippen LogP contribution in [0.4, 0.5) is 5.95 Å². The molecule has 2 aromatic rings. The SMILES string of the molecule is C[C@H](Nc1ncc2cn[nH]c2n1)C1CC2CC(Cl)CCC2NC1=O. The number of H-pyrrole nitrogens is 1. The van der Waals surface area contributed by atoms with E-state index in [0.717, 1.165) is 31.1 Å². The van der Waals surface area contributed by atoms with E-state index >= 15 is 0 Å². The van der Waals surface area contributed by atoms with Crippen molar-refractivity contribution >= 4 is 34.5 Å². The number of aromatic amines is 1. The van der Waals surface area contributed by atoms with E-state index in [2.05, 4.69) is 30.8 Å². The number of piperidine rings is 1. The average Bonchev–Trinajstić information content (AvgIpc) is 3.02. The Kier molecular flexibility index (Phi) is 4.04. The number of rotatable bonds is 3. The minimum atomic E-state index is -0.103. The molecular weight excluding hydrogens is 328 g/mol. The van der Waals surface area contributed by atoms with Crippen molar-refractivity contribution in [1.82, 2.24) is 25.5 Å². The van der Waals surface area contributed by atoms with Crippen molar-refractivity contribution in [3.05, 3.63) is 12.4 Å². The van der Waals surface area contributed by atoms with Crippen LogP contribution in [0, 0.1) is 11.8 Å². The molecule has 1 saturated carbocycles. The molecule has 1 amide bonds. The zero-order valence-corrected chi connectivity index (χ0v) is 14.3. The number of nitrogens with zero attached hydrogens (tertiary/aromatic N) is 3. The van der Waals surface area contributed by atoms with Gasteiger partial charge in [-0.1, -0.05) is 0 Å². The third-order valence-corrected chi connectivity index (χ3v) is 5.69. The van der Waals surface area contributed by atoms with Crippen LogP contribution >= 0.6 is 11.6 Å². The van der Waals surface area contributed by atoms with E-state index in [4.69, 9.17) is 11.6 Å². The first-order chi connectivity index (χ1) is 11.6. The molecule has 0 radical (unpaired) electrons. The number of amides is 1. The molecule has 0 spiro atoms. The molecule has 3 N–H and O–H groups in total. The number of hydrogen-bond acceptors (Lipinski definition) is 5. The minimum Gasteiger partial charge on any atom is -0.353 e. The summed E-state index contributed by atoms with van der Waals surface area (Å²) >= 11 is 6.32. The number of fused-ring (bicyclic) bond motifs is 2. The van der Waals surface area contributed by atoms with Gasteiger partial charge in [0, 0.05) is 23.7 Å². The van der Waals surface area contributed by atoms with Crippen LogP contribution in [0.15, 0.2) is 12.4 Å².